The van der Waals surface area contributed by atoms with E-state index in [1.807, 2.05) is 16.7 Å². The summed E-state index contributed by atoms with van der Waals surface area (Å²) < 4.78 is 30.7. The number of thioether (sulfide) groups is 1. The third-order valence-electron chi connectivity index (χ3n) is 3.98. The van der Waals surface area contributed by atoms with Crippen LogP contribution in [0.4, 0.5) is 8.78 Å². The number of hydrogen-bond acceptors (Lipinski definition) is 6. The van der Waals surface area contributed by atoms with Crippen molar-refractivity contribution in [2.24, 2.45) is 0 Å². The number of nitrogens with zero attached hydrogens (tertiary/aromatic N) is 4. The molecule has 3 rings (SSSR count). The molecule has 0 aliphatic rings. The Labute approximate surface area is 170 Å². The quantitative estimate of drug-likeness (QED) is 0.291. The predicted molar refractivity (Wildman–Crippen MR) is 106 cm³/mol. The average molecular weight is 416 g/mol. The van der Waals surface area contributed by atoms with Crippen LogP contribution in [0.2, 0.25) is 0 Å². The minimum Gasteiger partial charge on any atom is -0.435 e. The van der Waals surface area contributed by atoms with Gasteiger partial charge in [0, 0.05) is 30.1 Å². The molecule has 0 saturated carbocycles. The number of alkyl halides is 2. The summed E-state index contributed by atoms with van der Waals surface area (Å²) in [6.07, 6.45) is 5.07. The van der Waals surface area contributed by atoms with Crippen molar-refractivity contribution in [3.8, 4) is 17.1 Å². The average Bonchev–Trinajstić information content (AvgIpc) is 3.11. The first kappa shape index (κ1) is 20.7. The second-order valence-corrected chi connectivity index (χ2v) is 7.28. The summed E-state index contributed by atoms with van der Waals surface area (Å²) in [6.45, 7) is 3.11. The fourth-order valence-corrected chi connectivity index (χ4v) is 3.57. The molecule has 0 aliphatic heterocycles. The van der Waals surface area contributed by atoms with E-state index in [1.54, 1.807) is 25.4 Å². The van der Waals surface area contributed by atoms with Gasteiger partial charge in [-0.05, 0) is 43.3 Å². The summed E-state index contributed by atoms with van der Waals surface area (Å²) in [5.74, 6) is 0.504. The first-order chi connectivity index (χ1) is 14.0. The molecule has 0 unspecified atom stereocenters. The van der Waals surface area contributed by atoms with Gasteiger partial charge in [0.2, 0.25) is 0 Å². The van der Waals surface area contributed by atoms with Crippen LogP contribution in [0.3, 0.4) is 0 Å². The van der Waals surface area contributed by atoms with Crippen LogP contribution in [-0.2, 0) is 6.54 Å². The molecule has 2 aromatic heterocycles. The molecule has 6 nitrogen and oxygen atoms in total. The lowest BCUT2D eigenvalue weighted by Crippen LogP contribution is -2.15. The van der Waals surface area contributed by atoms with Crippen LogP contribution in [0, 0.1) is 0 Å². The third kappa shape index (κ3) is 5.05. The molecule has 0 amide bonds. The largest absolute Gasteiger partial charge is 0.435 e. The number of Topliss-reactive ketones (excluding diaryl/α,β-unsaturated/α-hetero) is 1. The highest BCUT2D eigenvalue weighted by Gasteiger charge is 2.21. The number of ether oxygens (including phenoxy) is 1. The Morgan fingerprint density at radius 3 is 2.52 bits per heavy atom. The third-order valence-corrected chi connectivity index (χ3v) is 5.06. The molecule has 0 radical (unpaired) electrons. The second-order valence-electron chi connectivity index (χ2n) is 5.97. The number of aromatic nitrogens is 4. The molecule has 2 heterocycles. The van der Waals surface area contributed by atoms with E-state index in [0.29, 0.717) is 23.1 Å². The number of carbonyl (C=O) groups excluding carboxylic acids is 1. The van der Waals surface area contributed by atoms with E-state index < -0.39 is 11.9 Å². The van der Waals surface area contributed by atoms with Crippen LogP contribution in [0.1, 0.15) is 17.3 Å². The normalized spacial score (nSPS) is 12.0. The van der Waals surface area contributed by atoms with Gasteiger partial charge in [-0.15, -0.1) is 16.8 Å². The minimum atomic E-state index is -2.91. The smallest absolute Gasteiger partial charge is 0.387 e. The maximum absolute atomic E-state index is 12.7. The van der Waals surface area contributed by atoms with Crippen LogP contribution >= 0.6 is 11.8 Å². The van der Waals surface area contributed by atoms with Gasteiger partial charge in [-0.25, -0.2) is 0 Å². The van der Waals surface area contributed by atoms with Gasteiger partial charge in [0.25, 0.3) is 0 Å². The minimum absolute atomic E-state index is 0.00424. The van der Waals surface area contributed by atoms with E-state index in [-0.39, 0.29) is 11.5 Å². The highest BCUT2D eigenvalue weighted by Crippen LogP contribution is 2.28. The fourth-order valence-electron chi connectivity index (χ4n) is 2.63. The van der Waals surface area contributed by atoms with Crippen LogP contribution < -0.4 is 4.74 Å². The van der Waals surface area contributed by atoms with Crippen molar-refractivity contribution in [1.82, 2.24) is 19.7 Å². The lowest BCUT2D eigenvalue weighted by atomic mass is 10.1. The van der Waals surface area contributed by atoms with Crippen molar-refractivity contribution in [2.45, 2.75) is 30.5 Å². The summed E-state index contributed by atoms with van der Waals surface area (Å²) in [5, 5.41) is 8.59. The summed E-state index contributed by atoms with van der Waals surface area (Å²) >= 11 is 1.27. The Bertz CT molecular complexity index is 978. The molecule has 1 atom stereocenters. The topological polar surface area (TPSA) is 69.9 Å². The van der Waals surface area contributed by atoms with Gasteiger partial charge in [0.15, 0.2) is 16.8 Å². The van der Waals surface area contributed by atoms with Crippen molar-refractivity contribution >= 4 is 17.5 Å². The summed E-state index contributed by atoms with van der Waals surface area (Å²) in [7, 11) is 0. The highest BCUT2D eigenvalue weighted by molar-refractivity contribution is 8.00. The van der Waals surface area contributed by atoms with Crippen molar-refractivity contribution in [3.63, 3.8) is 0 Å². The van der Waals surface area contributed by atoms with E-state index in [0.717, 1.165) is 5.56 Å². The Balaban J connectivity index is 1.77. The van der Waals surface area contributed by atoms with Gasteiger partial charge in [-0.2, -0.15) is 8.78 Å². The molecule has 0 aliphatic carbocycles. The Kier molecular flexibility index (Phi) is 6.71. The van der Waals surface area contributed by atoms with Gasteiger partial charge >= 0.3 is 6.61 Å². The number of ketones is 1. The monoisotopic (exact) mass is 416 g/mol. The van der Waals surface area contributed by atoms with Crippen molar-refractivity contribution in [2.75, 3.05) is 0 Å². The first-order valence-corrected chi connectivity index (χ1v) is 9.57. The molecular formula is C20H18F2N4O2S. The molecule has 9 heteroatoms. The van der Waals surface area contributed by atoms with Gasteiger partial charge in [0.1, 0.15) is 5.75 Å². The van der Waals surface area contributed by atoms with Gasteiger partial charge in [-0.3, -0.25) is 14.3 Å². The van der Waals surface area contributed by atoms with Crippen LogP contribution in [0.5, 0.6) is 5.75 Å². The number of pyridine rings is 1. The Morgan fingerprint density at radius 2 is 1.90 bits per heavy atom. The van der Waals surface area contributed by atoms with Crippen LogP contribution in [0.15, 0.2) is 66.6 Å². The molecule has 0 N–H and O–H groups in total. The van der Waals surface area contributed by atoms with E-state index in [1.165, 1.54) is 36.0 Å². The molecule has 150 valence electrons. The SMILES string of the molecule is C=CCn1c(S[C@@H](C)C(=O)c2ccc(OC(F)F)cc2)nnc1-c1ccncc1. The molecular weight excluding hydrogens is 398 g/mol. The predicted octanol–water partition coefficient (Wildman–Crippen LogP) is 4.49. The number of benzene rings is 1. The highest BCUT2D eigenvalue weighted by atomic mass is 32.2. The van der Waals surface area contributed by atoms with Crippen molar-refractivity contribution < 1.29 is 18.3 Å². The number of halogens is 2. The summed E-state index contributed by atoms with van der Waals surface area (Å²) in [4.78, 5) is 16.7. The lowest BCUT2D eigenvalue weighted by molar-refractivity contribution is -0.0498. The number of allylic oxidation sites excluding steroid dienone is 1. The Hall–Kier alpha value is -3.07. The summed E-state index contributed by atoms with van der Waals surface area (Å²) in [5.41, 5.74) is 1.26. The second kappa shape index (κ2) is 9.42. The van der Waals surface area contributed by atoms with Crippen LogP contribution in [0.25, 0.3) is 11.4 Å². The summed E-state index contributed by atoms with van der Waals surface area (Å²) in [6, 6.07) is 9.28. The van der Waals surface area contributed by atoms with E-state index in [2.05, 4.69) is 26.5 Å². The Morgan fingerprint density at radius 1 is 1.21 bits per heavy atom. The number of hydrogen-bond donors (Lipinski definition) is 0. The maximum atomic E-state index is 12.7. The maximum Gasteiger partial charge on any atom is 0.387 e. The molecule has 0 bridgehead atoms. The standard InChI is InChI=1S/C20H18F2N4O2S/c1-3-12-26-18(15-8-10-23-11-9-15)24-25-20(26)29-13(2)17(27)14-4-6-16(7-5-14)28-19(21)22/h3-11,13,19H,1,12H2,2H3/t13-/m0/s1. The molecule has 3 aromatic rings. The molecule has 29 heavy (non-hydrogen) atoms. The van der Waals surface area contributed by atoms with Gasteiger partial charge in [-0.1, -0.05) is 17.8 Å². The van der Waals surface area contributed by atoms with Crippen molar-refractivity contribution in [3.05, 3.63) is 67.0 Å². The molecule has 0 saturated heterocycles. The molecule has 0 spiro atoms. The molecule has 1 aromatic carbocycles. The number of carbonyl (C=O) groups is 1. The zero-order valence-corrected chi connectivity index (χ0v) is 16.4. The zero-order chi connectivity index (χ0) is 20.8. The van der Waals surface area contributed by atoms with Gasteiger partial charge < -0.3 is 4.74 Å². The van der Waals surface area contributed by atoms with E-state index in [9.17, 15) is 13.6 Å². The number of rotatable bonds is 9. The first-order valence-electron chi connectivity index (χ1n) is 8.70. The van der Waals surface area contributed by atoms with Crippen LogP contribution in [-0.4, -0.2) is 37.4 Å². The van der Waals surface area contributed by atoms with E-state index >= 15 is 0 Å². The zero-order valence-electron chi connectivity index (χ0n) is 15.5. The van der Waals surface area contributed by atoms with E-state index in [4.69, 9.17) is 0 Å². The lowest BCUT2D eigenvalue weighted by Gasteiger charge is -2.12. The van der Waals surface area contributed by atoms with Gasteiger partial charge in [0.05, 0.1) is 5.25 Å². The fraction of sp³-hybridized carbons (Fsp3) is 0.200. The van der Waals surface area contributed by atoms with Crippen molar-refractivity contribution in [1.29, 1.82) is 0 Å². The molecule has 0 fully saturated rings.